The highest BCUT2D eigenvalue weighted by molar-refractivity contribution is 5.75. The molecule has 0 aliphatic carbocycles. The zero-order chi connectivity index (χ0) is 17.7. The van der Waals surface area contributed by atoms with Gasteiger partial charge in [0.25, 0.3) is 0 Å². The fourth-order valence-corrected chi connectivity index (χ4v) is 1.94. The zero-order valence-corrected chi connectivity index (χ0v) is 13.1. The van der Waals surface area contributed by atoms with Crippen LogP contribution in [0, 0.1) is 11.3 Å². The molecule has 2 aromatic rings. The van der Waals surface area contributed by atoms with Crippen molar-refractivity contribution in [3.8, 4) is 28.8 Å². The van der Waals surface area contributed by atoms with Crippen LogP contribution >= 0.6 is 0 Å². The van der Waals surface area contributed by atoms with Gasteiger partial charge in [0, 0.05) is 5.56 Å². The fourth-order valence-electron chi connectivity index (χ4n) is 1.94. The molecule has 1 aromatic heterocycles. The quantitative estimate of drug-likeness (QED) is 0.758. The molecule has 0 unspecified atom stereocenters. The first-order valence-corrected chi connectivity index (χ1v) is 6.71. The van der Waals surface area contributed by atoms with Crippen LogP contribution in [0.4, 0.5) is 11.8 Å². The Morgan fingerprint density at radius 3 is 2.62 bits per heavy atom. The van der Waals surface area contributed by atoms with E-state index in [9.17, 15) is 10.1 Å². The second-order valence-electron chi connectivity index (χ2n) is 4.53. The third-order valence-electron chi connectivity index (χ3n) is 3.08. The van der Waals surface area contributed by atoms with Crippen molar-refractivity contribution in [2.24, 2.45) is 0 Å². The molecule has 1 heterocycles. The molecule has 0 spiro atoms. The van der Waals surface area contributed by atoms with Gasteiger partial charge in [-0.15, -0.1) is 0 Å². The van der Waals surface area contributed by atoms with E-state index in [4.69, 9.17) is 20.9 Å². The third-order valence-corrected chi connectivity index (χ3v) is 3.08. The van der Waals surface area contributed by atoms with Crippen molar-refractivity contribution in [2.75, 3.05) is 32.3 Å². The van der Waals surface area contributed by atoms with Crippen LogP contribution in [0.5, 0.6) is 11.5 Å². The molecule has 0 atom stereocenters. The molecule has 0 amide bonds. The number of nitriles is 1. The lowest BCUT2D eigenvalue weighted by atomic mass is 10.1. The Morgan fingerprint density at radius 1 is 1.25 bits per heavy atom. The van der Waals surface area contributed by atoms with Crippen molar-refractivity contribution in [1.82, 2.24) is 9.97 Å². The van der Waals surface area contributed by atoms with Crippen molar-refractivity contribution >= 4 is 17.7 Å². The number of nitrogens with two attached hydrogens (primary N) is 2. The van der Waals surface area contributed by atoms with Gasteiger partial charge in [-0.2, -0.15) is 10.2 Å². The minimum Gasteiger partial charge on any atom is -0.493 e. The van der Waals surface area contributed by atoms with E-state index in [0.29, 0.717) is 17.1 Å². The molecule has 0 saturated carbocycles. The van der Waals surface area contributed by atoms with E-state index in [1.165, 1.54) is 14.2 Å². The van der Waals surface area contributed by atoms with Crippen molar-refractivity contribution in [3.05, 3.63) is 23.8 Å². The Hall–Kier alpha value is -3.54. The Kier molecular flexibility index (Phi) is 5.01. The number of carbonyl (C=O) groups is 1. The summed E-state index contributed by atoms with van der Waals surface area (Å²) in [4.78, 5) is 19.0. The van der Waals surface area contributed by atoms with Gasteiger partial charge < -0.3 is 25.7 Å². The molecule has 1 aromatic carbocycles. The zero-order valence-electron chi connectivity index (χ0n) is 13.1. The predicted octanol–water partition coefficient (Wildman–Crippen LogP) is 0.740. The number of benzene rings is 1. The standard InChI is InChI=1S/C15H15N5O4/c1-22-11-5-8(3-4-10(11)24-7-12(21)23-2)13-9(6-16)14(17)20-15(18)19-13/h3-5H,7H2,1-2H3,(H4,17,18,19,20). The molecule has 4 N–H and O–H groups in total. The lowest BCUT2D eigenvalue weighted by Crippen LogP contribution is -2.13. The Morgan fingerprint density at radius 2 is 2.00 bits per heavy atom. The van der Waals surface area contributed by atoms with Gasteiger partial charge in [-0.1, -0.05) is 0 Å². The van der Waals surface area contributed by atoms with Crippen LogP contribution in [-0.2, 0) is 9.53 Å². The average Bonchev–Trinajstić information content (AvgIpc) is 2.58. The first kappa shape index (κ1) is 16.8. The normalized spacial score (nSPS) is 9.88. The summed E-state index contributed by atoms with van der Waals surface area (Å²) in [5, 5.41) is 9.25. The largest absolute Gasteiger partial charge is 0.493 e. The number of esters is 1. The monoisotopic (exact) mass is 329 g/mol. The third kappa shape index (κ3) is 3.44. The van der Waals surface area contributed by atoms with Crippen LogP contribution < -0.4 is 20.9 Å². The van der Waals surface area contributed by atoms with Gasteiger partial charge in [-0.05, 0) is 18.2 Å². The summed E-state index contributed by atoms with van der Waals surface area (Å²) in [5.41, 5.74) is 12.2. The topological polar surface area (TPSA) is 146 Å². The smallest absolute Gasteiger partial charge is 0.343 e. The van der Waals surface area contributed by atoms with E-state index in [0.717, 1.165) is 0 Å². The minimum absolute atomic E-state index is 0.00927. The number of carbonyl (C=O) groups excluding carboxylic acids is 1. The van der Waals surface area contributed by atoms with Gasteiger partial charge >= 0.3 is 5.97 Å². The number of methoxy groups -OCH3 is 2. The summed E-state index contributed by atoms with van der Waals surface area (Å²) < 4.78 is 15.1. The van der Waals surface area contributed by atoms with Crippen LogP contribution in [0.25, 0.3) is 11.3 Å². The number of nitrogens with zero attached hydrogens (tertiary/aromatic N) is 3. The van der Waals surface area contributed by atoms with Gasteiger partial charge in [0.15, 0.2) is 18.1 Å². The van der Waals surface area contributed by atoms with Crippen molar-refractivity contribution in [3.63, 3.8) is 0 Å². The second-order valence-corrected chi connectivity index (χ2v) is 4.53. The molecule has 124 valence electrons. The van der Waals surface area contributed by atoms with E-state index in [2.05, 4.69) is 14.7 Å². The van der Waals surface area contributed by atoms with Gasteiger partial charge in [0.2, 0.25) is 5.95 Å². The molecule has 0 radical (unpaired) electrons. The lowest BCUT2D eigenvalue weighted by Gasteiger charge is -2.12. The highest BCUT2D eigenvalue weighted by Crippen LogP contribution is 2.34. The van der Waals surface area contributed by atoms with Crippen LogP contribution in [0.3, 0.4) is 0 Å². The van der Waals surface area contributed by atoms with Crippen LogP contribution in [-0.4, -0.2) is 36.8 Å². The maximum absolute atomic E-state index is 11.2. The molecule has 0 aliphatic rings. The number of hydrogen-bond acceptors (Lipinski definition) is 9. The number of aromatic nitrogens is 2. The molecular weight excluding hydrogens is 314 g/mol. The van der Waals surface area contributed by atoms with E-state index in [-0.39, 0.29) is 29.6 Å². The Labute approximate surface area is 137 Å². The van der Waals surface area contributed by atoms with Gasteiger partial charge in [-0.3, -0.25) is 0 Å². The summed E-state index contributed by atoms with van der Waals surface area (Å²) >= 11 is 0. The summed E-state index contributed by atoms with van der Waals surface area (Å²) in [5.74, 6) is 0.0944. The van der Waals surface area contributed by atoms with Crippen molar-refractivity contribution in [2.45, 2.75) is 0 Å². The summed E-state index contributed by atoms with van der Waals surface area (Å²) in [6, 6.07) is 6.75. The molecule has 2 rings (SSSR count). The lowest BCUT2D eigenvalue weighted by molar-refractivity contribution is -0.142. The summed E-state index contributed by atoms with van der Waals surface area (Å²) in [6.45, 7) is -0.261. The average molecular weight is 329 g/mol. The molecule has 9 nitrogen and oxygen atoms in total. The maximum Gasteiger partial charge on any atom is 0.343 e. The number of anilines is 2. The van der Waals surface area contributed by atoms with E-state index in [1.807, 2.05) is 6.07 Å². The van der Waals surface area contributed by atoms with E-state index >= 15 is 0 Å². The fraction of sp³-hybridized carbons (Fsp3) is 0.200. The molecule has 0 fully saturated rings. The first-order chi connectivity index (χ1) is 11.5. The van der Waals surface area contributed by atoms with Crippen LogP contribution in [0.2, 0.25) is 0 Å². The highest BCUT2D eigenvalue weighted by atomic mass is 16.6. The number of hydrogen-bond donors (Lipinski definition) is 2. The summed E-state index contributed by atoms with van der Waals surface area (Å²) in [7, 11) is 2.71. The van der Waals surface area contributed by atoms with Gasteiger partial charge in [0.05, 0.1) is 19.9 Å². The minimum atomic E-state index is -0.524. The number of rotatable bonds is 5. The summed E-state index contributed by atoms with van der Waals surface area (Å²) in [6.07, 6.45) is 0. The molecule has 0 saturated heterocycles. The SMILES string of the molecule is COC(=O)COc1ccc(-c2nc(N)nc(N)c2C#N)cc1OC. The molecule has 24 heavy (non-hydrogen) atoms. The van der Waals surface area contributed by atoms with Gasteiger partial charge in [-0.25, -0.2) is 9.78 Å². The molecule has 0 aliphatic heterocycles. The highest BCUT2D eigenvalue weighted by Gasteiger charge is 2.16. The second kappa shape index (κ2) is 7.15. The Bertz CT molecular complexity index is 816. The first-order valence-electron chi connectivity index (χ1n) is 6.71. The van der Waals surface area contributed by atoms with Crippen LogP contribution in [0.1, 0.15) is 5.56 Å². The molecule has 9 heteroatoms. The Balaban J connectivity index is 2.44. The molecule has 0 bridgehead atoms. The predicted molar refractivity (Wildman–Crippen MR) is 85.1 cm³/mol. The number of ether oxygens (including phenoxy) is 3. The van der Waals surface area contributed by atoms with Crippen molar-refractivity contribution in [1.29, 1.82) is 5.26 Å². The molecular formula is C15H15N5O4. The van der Waals surface area contributed by atoms with Crippen molar-refractivity contribution < 1.29 is 19.0 Å². The number of nitrogen functional groups attached to an aromatic ring is 2. The maximum atomic E-state index is 11.2. The van der Waals surface area contributed by atoms with Gasteiger partial charge in [0.1, 0.15) is 17.5 Å². The van der Waals surface area contributed by atoms with E-state index < -0.39 is 5.97 Å². The van der Waals surface area contributed by atoms with Crippen LogP contribution in [0.15, 0.2) is 18.2 Å². The van der Waals surface area contributed by atoms with E-state index in [1.54, 1.807) is 18.2 Å².